The number of hydrogen-bond donors (Lipinski definition) is 1. The number of unbranched alkanes of at least 4 members (excludes halogenated alkanes) is 1. The minimum atomic E-state index is -0.428. The minimum Gasteiger partial charge on any atom is -0.320 e. The third kappa shape index (κ3) is 7.43. The van der Waals surface area contributed by atoms with Crippen LogP contribution in [0.25, 0.3) is 0 Å². The Morgan fingerprint density at radius 1 is 1.78 bits per heavy atom. The van der Waals surface area contributed by atoms with Crippen LogP contribution in [-0.4, -0.2) is 5.24 Å². The van der Waals surface area contributed by atoms with Crippen LogP contribution in [0.15, 0.2) is 12.3 Å². The molecule has 1 radical (unpaired) electrons. The van der Waals surface area contributed by atoms with Gasteiger partial charge in [0.2, 0.25) is 0 Å². The number of amides is 1. The van der Waals surface area contributed by atoms with Crippen LogP contribution in [0.2, 0.25) is 0 Å². The maximum atomic E-state index is 10.1. The fourth-order valence-corrected chi connectivity index (χ4v) is 0.445. The van der Waals surface area contributed by atoms with E-state index < -0.39 is 5.24 Å². The summed E-state index contributed by atoms with van der Waals surface area (Å²) in [7, 11) is 0. The number of rotatable bonds is 3. The molecule has 0 aromatic rings. The molecule has 1 amide bonds. The van der Waals surface area contributed by atoms with E-state index in [0.717, 1.165) is 12.8 Å². The van der Waals surface area contributed by atoms with Crippen molar-refractivity contribution in [3.63, 3.8) is 0 Å². The fourth-order valence-electron chi connectivity index (χ4n) is 0.377. The molecule has 0 aromatic heterocycles. The van der Waals surface area contributed by atoms with Crippen LogP contribution >= 0.6 is 12.6 Å². The molecule has 0 rings (SSSR count). The highest BCUT2D eigenvalue weighted by Crippen LogP contribution is 1.86. The zero-order valence-corrected chi connectivity index (χ0v) is 6.20. The number of allylic oxidation sites excluding steroid dienone is 1. The van der Waals surface area contributed by atoms with Crippen LogP contribution in [0.3, 0.4) is 0 Å². The minimum absolute atomic E-state index is 0.428. The predicted octanol–water partition coefficient (Wildman–Crippen LogP) is 2.21. The molecule has 1 N–H and O–H groups in total. The van der Waals surface area contributed by atoms with E-state index >= 15 is 0 Å². The first kappa shape index (κ1) is 8.43. The first-order valence-corrected chi connectivity index (χ1v) is 3.30. The molecular weight excluding hydrogens is 134 g/mol. The smallest absolute Gasteiger partial charge is 0.314 e. The first-order valence-electron chi connectivity index (χ1n) is 2.90. The summed E-state index contributed by atoms with van der Waals surface area (Å²) in [4.78, 5) is 10.1. The highest BCUT2D eigenvalue weighted by atomic mass is 32.1. The monoisotopic (exact) mass is 144 g/mol. The predicted molar refractivity (Wildman–Crippen MR) is 40.2 cm³/mol. The van der Waals surface area contributed by atoms with Gasteiger partial charge in [0.15, 0.2) is 0 Å². The van der Waals surface area contributed by atoms with E-state index in [0.29, 0.717) is 0 Å². The molecule has 0 heterocycles. The summed E-state index contributed by atoms with van der Waals surface area (Å²) in [5, 5.41) is 1.95. The summed E-state index contributed by atoms with van der Waals surface area (Å²) in [5.41, 5.74) is 0. The molecule has 0 bridgehead atoms. The molecule has 0 saturated heterocycles. The summed E-state index contributed by atoms with van der Waals surface area (Å²) in [6, 6.07) is 0. The third-order valence-electron chi connectivity index (χ3n) is 0.774. The fraction of sp³-hybridized carbons (Fsp3) is 0.500. The summed E-state index contributed by atoms with van der Waals surface area (Å²) < 4.78 is 0. The average molecular weight is 144 g/mol. The second-order valence-corrected chi connectivity index (χ2v) is 1.99. The molecule has 51 valence electrons. The van der Waals surface area contributed by atoms with E-state index in [1.54, 1.807) is 6.20 Å². The van der Waals surface area contributed by atoms with Gasteiger partial charge in [-0.15, -0.1) is 0 Å². The molecule has 0 atom stereocenters. The summed E-state index contributed by atoms with van der Waals surface area (Å²) in [5.74, 6) is 0. The van der Waals surface area contributed by atoms with Crippen molar-refractivity contribution in [1.29, 1.82) is 0 Å². The summed E-state index contributed by atoms with van der Waals surface area (Å²) >= 11 is 4.23. The Morgan fingerprint density at radius 2 is 2.44 bits per heavy atom. The molecule has 3 heteroatoms. The SMILES string of the molecule is CCCC=CNC(=O)[S]. The molecule has 0 aliphatic rings. The topological polar surface area (TPSA) is 29.1 Å². The van der Waals surface area contributed by atoms with Gasteiger partial charge < -0.3 is 5.32 Å². The molecule has 2 nitrogen and oxygen atoms in total. The van der Waals surface area contributed by atoms with Gasteiger partial charge in [-0.3, -0.25) is 4.79 Å². The Labute approximate surface area is 60.7 Å². The van der Waals surface area contributed by atoms with Gasteiger partial charge in [-0.1, -0.05) is 19.4 Å². The Bertz CT molecular complexity index is 112. The van der Waals surface area contributed by atoms with Gasteiger partial charge in [0.25, 0.3) is 0 Å². The number of hydrogen-bond acceptors (Lipinski definition) is 1. The van der Waals surface area contributed by atoms with E-state index in [1.165, 1.54) is 0 Å². The van der Waals surface area contributed by atoms with Gasteiger partial charge in [0.05, 0.1) is 0 Å². The molecular formula is C6H10NOS. The van der Waals surface area contributed by atoms with Gasteiger partial charge >= 0.3 is 5.24 Å². The van der Waals surface area contributed by atoms with E-state index in [1.807, 2.05) is 6.08 Å². The quantitative estimate of drug-likeness (QED) is 0.646. The van der Waals surface area contributed by atoms with Crippen molar-refractivity contribution in [1.82, 2.24) is 5.32 Å². The van der Waals surface area contributed by atoms with Crippen LogP contribution in [0.1, 0.15) is 19.8 Å². The molecule has 0 aromatic carbocycles. The highest BCUT2D eigenvalue weighted by Gasteiger charge is 1.83. The van der Waals surface area contributed by atoms with E-state index in [2.05, 4.69) is 24.9 Å². The number of nitrogens with one attached hydrogen (secondary N) is 1. The highest BCUT2D eigenvalue weighted by molar-refractivity contribution is 7.96. The van der Waals surface area contributed by atoms with Crippen molar-refractivity contribution in [3.8, 4) is 0 Å². The molecule has 0 aliphatic heterocycles. The van der Waals surface area contributed by atoms with Crippen LogP contribution in [-0.2, 0) is 0 Å². The van der Waals surface area contributed by atoms with Crippen molar-refractivity contribution in [2.45, 2.75) is 19.8 Å². The lowest BCUT2D eigenvalue weighted by atomic mass is 10.3. The zero-order chi connectivity index (χ0) is 7.11. The van der Waals surface area contributed by atoms with Crippen LogP contribution < -0.4 is 5.32 Å². The van der Waals surface area contributed by atoms with Gasteiger partial charge in [-0.05, 0) is 19.0 Å². The second-order valence-electron chi connectivity index (χ2n) is 1.62. The maximum absolute atomic E-state index is 10.1. The molecule has 0 saturated carbocycles. The zero-order valence-electron chi connectivity index (χ0n) is 5.39. The first-order chi connectivity index (χ1) is 4.27. The van der Waals surface area contributed by atoms with Crippen LogP contribution in [0.4, 0.5) is 4.79 Å². The summed E-state index contributed by atoms with van der Waals surface area (Å²) in [6.45, 7) is 2.07. The second kappa shape index (κ2) is 5.56. The number of carbonyl (C=O) groups excluding carboxylic acids is 1. The van der Waals surface area contributed by atoms with Gasteiger partial charge in [0.1, 0.15) is 0 Å². The van der Waals surface area contributed by atoms with Crippen molar-refractivity contribution in [2.24, 2.45) is 0 Å². The van der Waals surface area contributed by atoms with Crippen LogP contribution in [0, 0.1) is 0 Å². The van der Waals surface area contributed by atoms with Gasteiger partial charge in [0, 0.05) is 6.20 Å². The van der Waals surface area contributed by atoms with E-state index in [9.17, 15) is 4.79 Å². The van der Waals surface area contributed by atoms with Crippen LogP contribution in [0.5, 0.6) is 0 Å². The largest absolute Gasteiger partial charge is 0.320 e. The lowest BCUT2D eigenvalue weighted by molar-refractivity contribution is 0.263. The van der Waals surface area contributed by atoms with Gasteiger partial charge in [-0.25, -0.2) is 0 Å². The lowest BCUT2D eigenvalue weighted by Crippen LogP contribution is -2.06. The third-order valence-corrected chi connectivity index (χ3v) is 0.892. The Kier molecular flexibility index (Phi) is 5.21. The summed E-state index contributed by atoms with van der Waals surface area (Å²) in [6.07, 6.45) is 5.53. The normalized spacial score (nSPS) is 9.89. The van der Waals surface area contributed by atoms with Gasteiger partial charge in [-0.2, -0.15) is 0 Å². The van der Waals surface area contributed by atoms with Crippen molar-refractivity contribution in [2.75, 3.05) is 0 Å². The van der Waals surface area contributed by atoms with Crippen molar-refractivity contribution >= 4 is 17.9 Å². The molecule has 0 unspecified atom stereocenters. The van der Waals surface area contributed by atoms with E-state index in [4.69, 9.17) is 0 Å². The Hall–Kier alpha value is -0.570. The molecule has 0 aliphatic carbocycles. The molecule has 9 heavy (non-hydrogen) atoms. The van der Waals surface area contributed by atoms with Crippen molar-refractivity contribution in [3.05, 3.63) is 12.3 Å². The molecule has 0 fully saturated rings. The standard InChI is InChI=1S/C6H10NOS/c1-2-3-4-5-7-6(8)9/h4-5H,2-3H2,1H3,(H,7,8). The number of carbonyl (C=O) groups is 1. The Balaban J connectivity index is 3.14. The van der Waals surface area contributed by atoms with E-state index in [-0.39, 0.29) is 0 Å². The molecule has 0 spiro atoms. The van der Waals surface area contributed by atoms with Crippen molar-refractivity contribution < 1.29 is 4.79 Å². The lowest BCUT2D eigenvalue weighted by Gasteiger charge is -1.86. The average Bonchev–Trinajstić information content (AvgIpc) is 1.80. The Morgan fingerprint density at radius 3 is 2.89 bits per heavy atom. The maximum Gasteiger partial charge on any atom is 0.314 e.